The minimum absolute atomic E-state index is 1.02. The van der Waals surface area contributed by atoms with Crippen molar-refractivity contribution in [3.8, 4) is 0 Å². The molecule has 7 rings (SSSR count). The van der Waals surface area contributed by atoms with E-state index in [9.17, 15) is 0 Å². The fraction of sp³-hybridized carbons (Fsp3) is 0.0789. The highest BCUT2D eigenvalue weighted by Crippen LogP contribution is 2.40. The first-order valence-electron chi connectivity index (χ1n) is 14.3. The van der Waals surface area contributed by atoms with Crippen LogP contribution in [0.4, 0.5) is 28.4 Å². The molecule has 41 heavy (non-hydrogen) atoms. The summed E-state index contributed by atoms with van der Waals surface area (Å²) in [5.74, 6) is 0. The third-order valence-corrected chi connectivity index (χ3v) is 7.83. The van der Waals surface area contributed by atoms with E-state index in [2.05, 4.69) is 132 Å². The Bertz CT molecular complexity index is 1810. The van der Waals surface area contributed by atoms with Gasteiger partial charge in [0.05, 0.1) is 17.6 Å². The number of anilines is 5. The van der Waals surface area contributed by atoms with Crippen molar-refractivity contribution in [2.45, 2.75) is 19.3 Å². The second kappa shape index (κ2) is 11.1. The van der Waals surface area contributed by atoms with Crippen LogP contribution in [-0.4, -0.2) is 6.21 Å². The molecule has 6 aromatic carbocycles. The molecule has 3 nitrogen and oxygen atoms in total. The molecule has 0 unspecified atom stereocenters. The Hall–Kier alpha value is -5.15. The van der Waals surface area contributed by atoms with Crippen LogP contribution in [0.2, 0.25) is 0 Å². The molecule has 1 aliphatic carbocycles. The third kappa shape index (κ3) is 5.10. The molecule has 0 atom stereocenters. The maximum atomic E-state index is 4.97. The zero-order valence-electron chi connectivity index (χ0n) is 22.9. The number of rotatable bonds is 7. The molecule has 0 heterocycles. The number of hydrazone groups is 1. The Labute approximate surface area is 241 Å². The number of hydrogen-bond acceptors (Lipinski definition) is 3. The van der Waals surface area contributed by atoms with E-state index in [4.69, 9.17) is 5.10 Å². The Morgan fingerprint density at radius 3 is 1.95 bits per heavy atom. The van der Waals surface area contributed by atoms with Gasteiger partial charge in [-0.3, -0.25) is 0 Å². The molecule has 0 radical (unpaired) electrons. The molecule has 1 aliphatic rings. The summed E-state index contributed by atoms with van der Waals surface area (Å²) < 4.78 is 0. The van der Waals surface area contributed by atoms with E-state index >= 15 is 0 Å². The van der Waals surface area contributed by atoms with Crippen molar-refractivity contribution in [3.05, 3.63) is 162 Å². The predicted octanol–water partition coefficient (Wildman–Crippen LogP) is 9.97. The summed E-state index contributed by atoms with van der Waals surface area (Å²) >= 11 is 0. The summed E-state index contributed by atoms with van der Waals surface area (Å²) in [5, 5.41) is 9.39. The van der Waals surface area contributed by atoms with E-state index in [0.717, 1.165) is 35.5 Å². The molecule has 0 aromatic heterocycles. The SMILES string of the molecule is C(=NN(c1ccccc1)c1ccc2ccccc2c1)c1ccc(N(c2ccccc2)c2cccc3c2CCC3)cc1. The molecule has 0 bridgehead atoms. The normalized spacial score (nSPS) is 12.5. The van der Waals surface area contributed by atoms with E-state index < -0.39 is 0 Å². The second-order valence-electron chi connectivity index (χ2n) is 10.5. The summed E-state index contributed by atoms with van der Waals surface area (Å²) in [4.78, 5) is 2.39. The van der Waals surface area contributed by atoms with Crippen molar-refractivity contribution >= 4 is 45.4 Å². The van der Waals surface area contributed by atoms with E-state index in [1.54, 1.807) is 0 Å². The van der Waals surface area contributed by atoms with Crippen molar-refractivity contribution in [1.82, 2.24) is 0 Å². The van der Waals surface area contributed by atoms with Crippen molar-refractivity contribution in [2.24, 2.45) is 5.10 Å². The van der Waals surface area contributed by atoms with Crippen LogP contribution in [0.25, 0.3) is 10.8 Å². The lowest BCUT2D eigenvalue weighted by atomic mass is 10.1. The molecule has 3 heteroatoms. The minimum Gasteiger partial charge on any atom is -0.310 e. The quantitative estimate of drug-likeness (QED) is 0.151. The van der Waals surface area contributed by atoms with Crippen LogP contribution >= 0.6 is 0 Å². The molecule has 198 valence electrons. The molecular weight excluding hydrogens is 498 g/mol. The molecular formula is C38H31N3. The lowest BCUT2D eigenvalue weighted by Gasteiger charge is -2.27. The highest BCUT2D eigenvalue weighted by Gasteiger charge is 2.20. The Balaban J connectivity index is 1.23. The van der Waals surface area contributed by atoms with Gasteiger partial charge in [-0.05, 0) is 101 Å². The van der Waals surface area contributed by atoms with Gasteiger partial charge in [0.2, 0.25) is 0 Å². The van der Waals surface area contributed by atoms with Gasteiger partial charge in [0.15, 0.2) is 0 Å². The fourth-order valence-electron chi connectivity index (χ4n) is 5.81. The molecule has 0 saturated heterocycles. The molecule has 0 aliphatic heterocycles. The maximum absolute atomic E-state index is 4.97. The number of hydrogen-bond donors (Lipinski definition) is 0. The monoisotopic (exact) mass is 529 g/mol. The summed E-state index contributed by atoms with van der Waals surface area (Å²) in [6.45, 7) is 0. The molecule has 0 spiro atoms. The number of para-hydroxylation sites is 2. The first-order chi connectivity index (χ1) is 20.3. The van der Waals surface area contributed by atoms with Gasteiger partial charge in [0, 0.05) is 17.1 Å². The highest BCUT2D eigenvalue weighted by atomic mass is 15.5. The van der Waals surface area contributed by atoms with E-state index in [0.29, 0.717) is 0 Å². The lowest BCUT2D eigenvalue weighted by Crippen LogP contribution is -2.12. The zero-order chi connectivity index (χ0) is 27.4. The summed E-state index contributed by atoms with van der Waals surface area (Å²) in [7, 11) is 0. The van der Waals surface area contributed by atoms with Gasteiger partial charge in [-0.1, -0.05) is 91.0 Å². The van der Waals surface area contributed by atoms with Crippen molar-refractivity contribution in [3.63, 3.8) is 0 Å². The minimum atomic E-state index is 1.02. The molecule has 0 amide bonds. The van der Waals surface area contributed by atoms with Crippen LogP contribution in [0.15, 0.2) is 151 Å². The van der Waals surface area contributed by atoms with Crippen molar-refractivity contribution in [2.75, 3.05) is 9.91 Å². The van der Waals surface area contributed by atoms with Gasteiger partial charge >= 0.3 is 0 Å². The first-order valence-corrected chi connectivity index (χ1v) is 14.3. The number of fused-ring (bicyclic) bond motifs is 2. The van der Waals surface area contributed by atoms with E-state index in [-0.39, 0.29) is 0 Å². The maximum Gasteiger partial charge on any atom is 0.0659 e. The average Bonchev–Trinajstić information content (AvgIpc) is 3.53. The Morgan fingerprint density at radius 1 is 0.512 bits per heavy atom. The molecule has 6 aromatic rings. The van der Waals surface area contributed by atoms with Gasteiger partial charge < -0.3 is 4.90 Å². The first kappa shape index (κ1) is 24.9. The topological polar surface area (TPSA) is 18.8 Å². The van der Waals surface area contributed by atoms with E-state index in [1.165, 1.54) is 39.7 Å². The van der Waals surface area contributed by atoms with Crippen LogP contribution in [0, 0.1) is 0 Å². The molecule has 0 fully saturated rings. The Morgan fingerprint density at radius 2 is 1.17 bits per heavy atom. The van der Waals surface area contributed by atoms with Crippen molar-refractivity contribution in [1.29, 1.82) is 0 Å². The number of nitrogens with zero attached hydrogens (tertiary/aromatic N) is 3. The largest absolute Gasteiger partial charge is 0.310 e. The van der Waals surface area contributed by atoms with Crippen LogP contribution in [0.3, 0.4) is 0 Å². The summed E-state index contributed by atoms with van der Waals surface area (Å²) in [6.07, 6.45) is 5.46. The number of benzene rings is 6. The second-order valence-corrected chi connectivity index (χ2v) is 10.5. The number of aryl methyl sites for hydroxylation is 1. The lowest BCUT2D eigenvalue weighted by molar-refractivity contribution is 0.911. The summed E-state index contributed by atoms with van der Waals surface area (Å²) in [5.41, 5.74) is 9.61. The van der Waals surface area contributed by atoms with E-state index in [1.807, 2.05) is 29.4 Å². The third-order valence-electron chi connectivity index (χ3n) is 7.83. The molecule has 0 saturated carbocycles. The smallest absolute Gasteiger partial charge is 0.0659 e. The van der Waals surface area contributed by atoms with Gasteiger partial charge in [-0.2, -0.15) is 5.10 Å². The van der Waals surface area contributed by atoms with Crippen LogP contribution in [-0.2, 0) is 12.8 Å². The van der Waals surface area contributed by atoms with Gasteiger partial charge in [-0.25, -0.2) is 5.01 Å². The standard InChI is InChI=1S/C38H31N3/c1-3-15-33(16-4-1)40(38-20-10-14-31-13-9-19-37(31)38)34-24-21-29(22-25-34)28-39-41(35-17-5-2-6-18-35)36-26-23-30-11-7-8-12-32(30)27-36/h1-8,10-12,14-18,20-28H,9,13,19H2. The van der Waals surface area contributed by atoms with Crippen LogP contribution in [0.1, 0.15) is 23.1 Å². The van der Waals surface area contributed by atoms with Gasteiger partial charge in [0.25, 0.3) is 0 Å². The predicted molar refractivity (Wildman–Crippen MR) is 173 cm³/mol. The van der Waals surface area contributed by atoms with Crippen molar-refractivity contribution < 1.29 is 0 Å². The Kier molecular flexibility index (Phi) is 6.76. The van der Waals surface area contributed by atoms with Crippen LogP contribution < -0.4 is 9.91 Å². The van der Waals surface area contributed by atoms with Gasteiger partial charge in [-0.15, -0.1) is 0 Å². The zero-order valence-corrected chi connectivity index (χ0v) is 22.9. The van der Waals surface area contributed by atoms with Gasteiger partial charge in [0.1, 0.15) is 0 Å². The molecule has 0 N–H and O–H groups in total. The summed E-state index contributed by atoms with van der Waals surface area (Å²) in [6, 6.07) is 51.3. The fourth-order valence-corrected chi connectivity index (χ4v) is 5.81. The average molecular weight is 530 g/mol. The van der Waals surface area contributed by atoms with Crippen LogP contribution in [0.5, 0.6) is 0 Å². The highest BCUT2D eigenvalue weighted by molar-refractivity contribution is 5.88.